The molecule has 1 heterocycles. The molecular weight excluding hydrogens is 300 g/mol. The molecule has 2 aromatic carbocycles. The lowest BCUT2D eigenvalue weighted by Crippen LogP contribution is -2.22. The number of aromatic nitrogens is 1. The predicted octanol–water partition coefficient (Wildman–Crippen LogP) is 3.93. The maximum Gasteiger partial charge on any atom is 0.288 e. The van der Waals surface area contributed by atoms with E-state index in [1.807, 2.05) is 42.5 Å². The molecule has 0 saturated heterocycles. The minimum absolute atomic E-state index is 0.188. The minimum Gasteiger partial charge on any atom is -0.431 e. The van der Waals surface area contributed by atoms with E-state index >= 15 is 0 Å². The van der Waals surface area contributed by atoms with Gasteiger partial charge in [0.25, 0.3) is 5.91 Å². The molecule has 3 rings (SSSR count). The molecule has 0 aliphatic rings. The van der Waals surface area contributed by atoms with Crippen molar-refractivity contribution in [3.05, 3.63) is 77.1 Å². The van der Waals surface area contributed by atoms with E-state index in [9.17, 15) is 4.79 Å². The second-order valence-corrected chi connectivity index (χ2v) is 5.14. The summed E-state index contributed by atoms with van der Waals surface area (Å²) in [5, 5.41) is 3.45. The lowest BCUT2D eigenvalue weighted by Gasteiger charge is -2.03. The maximum absolute atomic E-state index is 12.1. The highest BCUT2D eigenvalue weighted by molar-refractivity contribution is 6.30. The van der Waals surface area contributed by atoms with Crippen molar-refractivity contribution in [2.75, 3.05) is 0 Å². The molecule has 0 radical (unpaired) electrons. The van der Waals surface area contributed by atoms with Crippen molar-refractivity contribution in [2.45, 2.75) is 6.54 Å². The number of amides is 1. The molecule has 5 heteroatoms. The summed E-state index contributed by atoms with van der Waals surface area (Å²) in [6.45, 7) is 0.400. The average molecular weight is 313 g/mol. The van der Waals surface area contributed by atoms with Gasteiger partial charge in [0.2, 0.25) is 11.7 Å². The number of oxazole rings is 1. The molecular formula is C17H13ClN2O2. The van der Waals surface area contributed by atoms with Gasteiger partial charge in [-0.05, 0) is 29.8 Å². The molecule has 4 nitrogen and oxygen atoms in total. The molecule has 0 unspecified atom stereocenters. The summed E-state index contributed by atoms with van der Waals surface area (Å²) in [4.78, 5) is 16.2. The van der Waals surface area contributed by atoms with Crippen LogP contribution in [0.3, 0.4) is 0 Å². The van der Waals surface area contributed by atoms with Gasteiger partial charge in [-0.25, -0.2) is 4.98 Å². The number of carbonyl (C=O) groups is 1. The molecule has 22 heavy (non-hydrogen) atoms. The Morgan fingerprint density at radius 3 is 2.55 bits per heavy atom. The van der Waals surface area contributed by atoms with Crippen molar-refractivity contribution in [1.82, 2.24) is 10.3 Å². The molecule has 0 saturated carbocycles. The van der Waals surface area contributed by atoms with Crippen LogP contribution in [0.4, 0.5) is 0 Å². The second-order valence-electron chi connectivity index (χ2n) is 4.70. The molecule has 0 spiro atoms. The van der Waals surface area contributed by atoms with E-state index in [1.165, 1.54) is 6.20 Å². The molecule has 110 valence electrons. The first-order chi connectivity index (χ1) is 10.7. The molecule has 1 amide bonds. The number of hydrogen-bond acceptors (Lipinski definition) is 3. The van der Waals surface area contributed by atoms with Crippen LogP contribution in [0, 0.1) is 0 Å². The van der Waals surface area contributed by atoms with Gasteiger partial charge in [-0.15, -0.1) is 0 Å². The van der Waals surface area contributed by atoms with E-state index in [1.54, 1.807) is 12.1 Å². The fourth-order valence-electron chi connectivity index (χ4n) is 1.96. The normalized spacial score (nSPS) is 10.4. The molecule has 3 aromatic rings. The number of hydrogen-bond donors (Lipinski definition) is 1. The summed E-state index contributed by atoms with van der Waals surface area (Å²) in [5.41, 5.74) is 1.79. The molecule has 0 aliphatic carbocycles. The Morgan fingerprint density at radius 2 is 1.82 bits per heavy atom. The largest absolute Gasteiger partial charge is 0.431 e. The van der Waals surface area contributed by atoms with Crippen molar-refractivity contribution in [3.63, 3.8) is 0 Å². The molecule has 0 aliphatic heterocycles. The van der Waals surface area contributed by atoms with Crippen LogP contribution in [-0.4, -0.2) is 10.9 Å². The third kappa shape index (κ3) is 3.35. The molecule has 0 atom stereocenters. The van der Waals surface area contributed by atoms with Gasteiger partial charge < -0.3 is 9.73 Å². The van der Waals surface area contributed by atoms with Crippen molar-refractivity contribution in [2.24, 2.45) is 0 Å². The average Bonchev–Trinajstić information content (AvgIpc) is 3.05. The Morgan fingerprint density at radius 1 is 1.09 bits per heavy atom. The van der Waals surface area contributed by atoms with Crippen LogP contribution < -0.4 is 5.32 Å². The summed E-state index contributed by atoms with van der Waals surface area (Å²) in [7, 11) is 0. The highest BCUT2D eigenvalue weighted by atomic mass is 35.5. The van der Waals surface area contributed by atoms with Crippen molar-refractivity contribution >= 4 is 17.5 Å². The maximum atomic E-state index is 12.1. The third-order valence-electron chi connectivity index (χ3n) is 3.12. The molecule has 1 aromatic heterocycles. The van der Waals surface area contributed by atoms with Gasteiger partial charge in [0.1, 0.15) is 0 Å². The Bertz CT molecular complexity index is 767. The number of rotatable bonds is 4. The van der Waals surface area contributed by atoms with Crippen LogP contribution in [-0.2, 0) is 6.54 Å². The first kappa shape index (κ1) is 14.4. The summed E-state index contributed by atoms with van der Waals surface area (Å²) < 4.78 is 5.49. The lowest BCUT2D eigenvalue weighted by molar-refractivity contribution is 0.0924. The van der Waals surface area contributed by atoms with Gasteiger partial charge >= 0.3 is 0 Å². The van der Waals surface area contributed by atoms with E-state index in [4.69, 9.17) is 16.0 Å². The van der Waals surface area contributed by atoms with Crippen molar-refractivity contribution in [1.29, 1.82) is 0 Å². The molecule has 0 fully saturated rings. The fourth-order valence-corrected chi connectivity index (χ4v) is 2.09. The quantitative estimate of drug-likeness (QED) is 0.794. The van der Waals surface area contributed by atoms with Gasteiger partial charge in [0.15, 0.2) is 0 Å². The summed E-state index contributed by atoms with van der Waals surface area (Å²) in [6.07, 6.45) is 1.43. The first-order valence-corrected chi connectivity index (χ1v) is 7.14. The minimum atomic E-state index is -0.301. The van der Waals surface area contributed by atoms with Crippen molar-refractivity contribution < 1.29 is 9.21 Å². The fraction of sp³-hybridized carbons (Fsp3) is 0.0588. The SMILES string of the molecule is O=C(NCc1ccc(Cl)cc1)c1cnc(-c2ccccc2)o1. The van der Waals surface area contributed by atoms with Crippen LogP contribution in [0.15, 0.2) is 65.2 Å². The Balaban J connectivity index is 1.66. The Hall–Kier alpha value is -2.59. The Kier molecular flexibility index (Phi) is 4.21. The van der Waals surface area contributed by atoms with Gasteiger partial charge in [-0.1, -0.05) is 41.9 Å². The van der Waals surface area contributed by atoms with Gasteiger partial charge in [0.05, 0.1) is 6.20 Å². The van der Waals surface area contributed by atoms with E-state index in [2.05, 4.69) is 10.3 Å². The predicted molar refractivity (Wildman–Crippen MR) is 84.6 cm³/mol. The van der Waals surface area contributed by atoms with Crippen molar-refractivity contribution in [3.8, 4) is 11.5 Å². The number of nitrogens with one attached hydrogen (secondary N) is 1. The van der Waals surface area contributed by atoms with Crippen LogP contribution >= 0.6 is 11.6 Å². The van der Waals surface area contributed by atoms with E-state index in [0.717, 1.165) is 11.1 Å². The highest BCUT2D eigenvalue weighted by Crippen LogP contribution is 2.18. The topological polar surface area (TPSA) is 55.1 Å². The van der Waals surface area contributed by atoms with E-state index in [-0.39, 0.29) is 11.7 Å². The smallest absolute Gasteiger partial charge is 0.288 e. The van der Waals surface area contributed by atoms with Crippen LogP contribution in [0.1, 0.15) is 16.1 Å². The van der Waals surface area contributed by atoms with E-state index in [0.29, 0.717) is 17.5 Å². The summed E-state index contributed by atoms with van der Waals surface area (Å²) >= 11 is 5.82. The zero-order valence-corrected chi connectivity index (χ0v) is 12.4. The zero-order valence-electron chi connectivity index (χ0n) is 11.6. The molecule has 1 N–H and O–H groups in total. The molecule has 0 bridgehead atoms. The van der Waals surface area contributed by atoms with E-state index < -0.39 is 0 Å². The number of nitrogens with zero attached hydrogens (tertiary/aromatic N) is 1. The number of carbonyl (C=O) groups excluding carboxylic acids is 1. The lowest BCUT2D eigenvalue weighted by atomic mass is 10.2. The highest BCUT2D eigenvalue weighted by Gasteiger charge is 2.13. The van der Waals surface area contributed by atoms with Gasteiger partial charge in [-0.3, -0.25) is 4.79 Å². The zero-order chi connectivity index (χ0) is 15.4. The van der Waals surface area contributed by atoms with Gasteiger partial charge in [0, 0.05) is 17.1 Å². The number of benzene rings is 2. The van der Waals surface area contributed by atoms with Crippen LogP contribution in [0.2, 0.25) is 5.02 Å². The monoisotopic (exact) mass is 312 g/mol. The standard InChI is InChI=1S/C17H13ClN2O2/c18-14-8-6-12(7-9-14)10-19-16(21)15-11-20-17(22-15)13-4-2-1-3-5-13/h1-9,11H,10H2,(H,19,21). The third-order valence-corrected chi connectivity index (χ3v) is 3.37. The van der Waals surface area contributed by atoms with Crippen LogP contribution in [0.25, 0.3) is 11.5 Å². The Labute approximate surface area is 132 Å². The number of halogens is 1. The van der Waals surface area contributed by atoms with Gasteiger partial charge in [-0.2, -0.15) is 0 Å². The summed E-state index contributed by atoms with van der Waals surface area (Å²) in [6, 6.07) is 16.7. The summed E-state index contributed by atoms with van der Waals surface area (Å²) in [5.74, 6) is 0.315. The first-order valence-electron chi connectivity index (χ1n) is 6.76. The van der Waals surface area contributed by atoms with Crippen LogP contribution in [0.5, 0.6) is 0 Å². The second kappa shape index (κ2) is 6.45.